The van der Waals surface area contributed by atoms with Gasteiger partial charge in [-0.1, -0.05) is 12.5 Å². The lowest BCUT2D eigenvalue weighted by Crippen LogP contribution is -2.40. The molecule has 7 nitrogen and oxygen atoms in total. The summed E-state index contributed by atoms with van der Waals surface area (Å²) in [5, 5.41) is 16.9. The average Bonchev–Trinajstić information content (AvgIpc) is 3.31. The van der Waals surface area contributed by atoms with Crippen LogP contribution in [-0.2, 0) is 22.7 Å². The van der Waals surface area contributed by atoms with Crippen LogP contribution in [0.1, 0.15) is 42.3 Å². The molecule has 31 heavy (non-hydrogen) atoms. The summed E-state index contributed by atoms with van der Waals surface area (Å²) in [6.45, 7) is 3.68. The maximum atomic E-state index is 12.0. The molecule has 1 aliphatic heterocycles. The van der Waals surface area contributed by atoms with Gasteiger partial charge in [-0.2, -0.15) is 18.3 Å². The van der Waals surface area contributed by atoms with E-state index < -0.39 is 12.1 Å². The fourth-order valence-corrected chi connectivity index (χ4v) is 4.34. The number of fused-ring (bicyclic) bond motifs is 1. The molecule has 2 aliphatic rings. The summed E-state index contributed by atoms with van der Waals surface area (Å²) in [6, 6.07) is 6.76. The van der Waals surface area contributed by atoms with Gasteiger partial charge in [-0.15, -0.1) is 11.3 Å². The standard InChI is InChI=1S/C18H24N4OS.C2HF3O2/c23-18(14-3-1-4-14)19-8-6-15-11-21(13-17-5-2-10-24-17)12-16-7-9-20-22(15)16;3-2(4,5)1(6)7/h2,5,7,9-10,14-15H,1,3-4,6,8,11-13H2,(H,19,23);(H,6,7). The molecular formula is C20H25F3N4O3S. The van der Waals surface area contributed by atoms with E-state index in [1.807, 2.05) is 17.5 Å². The molecule has 4 rings (SSSR count). The van der Waals surface area contributed by atoms with Gasteiger partial charge < -0.3 is 10.4 Å². The zero-order chi connectivity index (χ0) is 22.4. The third-order valence-electron chi connectivity index (χ3n) is 5.41. The topological polar surface area (TPSA) is 87.5 Å². The highest BCUT2D eigenvalue weighted by atomic mass is 32.1. The molecule has 0 bridgehead atoms. The third kappa shape index (κ3) is 6.54. The Hall–Kier alpha value is -2.40. The van der Waals surface area contributed by atoms with Gasteiger partial charge in [0.05, 0.1) is 11.7 Å². The molecule has 1 amide bonds. The van der Waals surface area contributed by atoms with E-state index in [4.69, 9.17) is 9.90 Å². The lowest BCUT2D eigenvalue weighted by atomic mass is 9.85. The Labute approximate surface area is 181 Å². The number of hydrogen-bond acceptors (Lipinski definition) is 5. The van der Waals surface area contributed by atoms with Crippen molar-refractivity contribution in [2.24, 2.45) is 5.92 Å². The van der Waals surface area contributed by atoms with E-state index in [0.717, 1.165) is 45.4 Å². The van der Waals surface area contributed by atoms with Crippen LogP contribution >= 0.6 is 11.3 Å². The molecule has 1 atom stereocenters. The van der Waals surface area contributed by atoms with Crippen molar-refractivity contribution in [3.63, 3.8) is 0 Å². The van der Waals surface area contributed by atoms with Crippen molar-refractivity contribution < 1.29 is 27.9 Å². The van der Waals surface area contributed by atoms with Crippen LogP contribution in [0.4, 0.5) is 13.2 Å². The number of nitrogens with zero attached hydrogens (tertiary/aromatic N) is 3. The van der Waals surface area contributed by atoms with Crippen LogP contribution in [0, 0.1) is 5.92 Å². The molecule has 3 heterocycles. The summed E-state index contributed by atoms with van der Waals surface area (Å²) in [5.74, 6) is -2.24. The fourth-order valence-electron chi connectivity index (χ4n) is 3.60. The Morgan fingerprint density at radius 2 is 2.03 bits per heavy atom. The zero-order valence-corrected chi connectivity index (χ0v) is 17.7. The predicted molar refractivity (Wildman–Crippen MR) is 108 cm³/mol. The van der Waals surface area contributed by atoms with Gasteiger partial charge in [-0.3, -0.25) is 14.4 Å². The molecular weight excluding hydrogens is 433 g/mol. The molecule has 0 spiro atoms. The van der Waals surface area contributed by atoms with Crippen LogP contribution in [0.3, 0.4) is 0 Å². The normalized spacial score (nSPS) is 19.0. The average molecular weight is 459 g/mol. The summed E-state index contributed by atoms with van der Waals surface area (Å²) in [5.41, 5.74) is 1.27. The first-order valence-corrected chi connectivity index (χ1v) is 11.0. The number of aliphatic carboxylic acids is 1. The Morgan fingerprint density at radius 3 is 2.61 bits per heavy atom. The number of amides is 1. The lowest BCUT2D eigenvalue weighted by molar-refractivity contribution is -0.192. The first kappa shape index (κ1) is 23.3. The van der Waals surface area contributed by atoms with E-state index in [0.29, 0.717) is 6.04 Å². The van der Waals surface area contributed by atoms with Crippen molar-refractivity contribution in [2.75, 3.05) is 13.1 Å². The van der Waals surface area contributed by atoms with Gasteiger partial charge >= 0.3 is 12.1 Å². The van der Waals surface area contributed by atoms with Gasteiger partial charge in [-0.25, -0.2) is 4.79 Å². The van der Waals surface area contributed by atoms with Gasteiger partial charge in [0, 0.05) is 43.2 Å². The van der Waals surface area contributed by atoms with Crippen molar-refractivity contribution in [1.82, 2.24) is 20.0 Å². The molecule has 2 N–H and O–H groups in total. The Balaban J connectivity index is 0.000000339. The van der Waals surface area contributed by atoms with E-state index >= 15 is 0 Å². The fraction of sp³-hybridized carbons (Fsp3) is 0.550. The van der Waals surface area contributed by atoms with Crippen molar-refractivity contribution in [3.05, 3.63) is 40.3 Å². The first-order chi connectivity index (χ1) is 14.7. The number of nitrogens with one attached hydrogen (secondary N) is 1. The lowest BCUT2D eigenvalue weighted by Gasteiger charge is -2.34. The van der Waals surface area contributed by atoms with Gasteiger partial charge in [0.15, 0.2) is 0 Å². The zero-order valence-electron chi connectivity index (χ0n) is 16.8. The van der Waals surface area contributed by atoms with E-state index in [9.17, 15) is 18.0 Å². The van der Waals surface area contributed by atoms with Crippen molar-refractivity contribution in [3.8, 4) is 0 Å². The maximum absolute atomic E-state index is 12.0. The summed E-state index contributed by atoms with van der Waals surface area (Å²) in [6.07, 6.45) is 1.08. The smallest absolute Gasteiger partial charge is 0.475 e. The second-order valence-corrected chi connectivity index (χ2v) is 8.71. The number of carbonyl (C=O) groups is 2. The number of carboxylic acid groups (broad SMARTS) is 1. The highest BCUT2D eigenvalue weighted by Gasteiger charge is 2.38. The second kappa shape index (κ2) is 10.3. The van der Waals surface area contributed by atoms with Crippen molar-refractivity contribution >= 4 is 23.2 Å². The molecule has 1 saturated carbocycles. The number of rotatable bonds is 6. The van der Waals surface area contributed by atoms with Crippen LogP contribution in [0.2, 0.25) is 0 Å². The number of hydrogen-bond donors (Lipinski definition) is 2. The highest BCUT2D eigenvalue weighted by molar-refractivity contribution is 7.09. The number of carboxylic acids is 1. The molecule has 1 fully saturated rings. The van der Waals surface area contributed by atoms with Crippen molar-refractivity contribution in [2.45, 2.75) is 51.0 Å². The summed E-state index contributed by atoms with van der Waals surface area (Å²) >= 11 is 1.81. The molecule has 11 heteroatoms. The predicted octanol–water partition coefficient (Wildman–Crippen LogP) is 3.44. The molecule has 0 aromatic carbocycles. The monoisotopic (exact) mass is 458 g/mol. The Morgan fingerprint density at radius 1 is 1.29 bits per heavy atom. The molecule has 2 aromatic heterocycles. The molecule has 0 saturated heterocycles. The van der Waals surface area contributed by atoms with Gasteiger partial charge in [0.2, 0.25) is 5.91 Å². The van der Waals surface area contributed by atoms with Crippen molar-refractivity contribution in [1.29, 1.82) is 0 Å². The molecule has 2 aromatic rings. The SMILES string of the molecule is O=C(NCCC1CN(Cc2cccs2)Cc2ccnn21)C1CCC1.O=C(O)C(F)(F)F. The quantitative estimate of drug-likeness (QED) is 0.693. The minimum absolute atomic E-state index is 0.244. The number of halogens is 3. The van der Waals surface area contributed by atoms with Gasteiger partial charge in [0.1, 0.15) is 0 Å². The largest absolute Gasteiger partial charge is 0.490 e. The minimum atomic E-state index is -5.08. The van der Waals surface area contributed by atoms with Crippen LogP contribution in [-0.4, -0.2) is 50.9 Å². The van der Waals surface area contributed by atoms with E-state index in [1.165, 1.54) is 17.0 Å². The third-order valence-corrected chi connectivity index (χ3v) is 6.27. The Kier molecular flexibility index (Phi) is 7.71. The van der Waals surface area contributed by atoms with Crippen LogP contribution in [0.15, 0.2) is 29.8 Å². The molecule has 1 unspecified atom stereocenters. The minimum Gasteiger partial charge on any atom is -0.475 e. The molecule has 1 aliphatic carbocycles. The number of alkyl halides is 3. The molecule has 0 radical (unpaired) electrons. The number of thiophene rings is 1. The van der Waals surface area contributed by atoms with E-state index in [2.05, 4.69) is 43.6 Å². The highest BCUT2D eigenvalue weighted by Crippen LogP contribution is 2.27. The van der Waals surface area contributed by atoms with Crippen LogP contribution in [0.5, 0.6) is 0 Å². The van der Waals surface area contributed by atoms with Crippen LogP contribution in [0.25, 0.3) is 0 Å². The second-order valence-electron chi connectivity index (χ2n) is 7.68. The summed E-state index contributed by atoms with van der Waals surface area (Å²) < 4.78 is 33.9. The first-order valence-electron chi connectivity index (χ1n) is 10.1. The summed E-state index contributed by atoms with van der Waals surface area (Å²) in [7, 11) is 0. The number of aromatic nitrogens is 2. The Bertz CT molecular complexity index is 865. The number of carbonyl (C=O) groups excluding carboxylic acids is 1. The van der Waals surface area contributed by atoms with Crippen LogP contribution < -0.4 is 5.32 Å². The van der Waals surface area contributed by atoms with E-state index in [1.54, 1.807) is 0 Å². The van der Waals surface area contributed by atoms with E-state index in [-0.39, 0.29) is 11.8 Å². The maximum Gasteiger partial charge on any atom is 0.490 e. The van der Waals surface area contributed by atoms with Gasteiger partial charge in [-0.05, 0) is 36.8 Å². The molecule has 170 valence electrons. The van der Waals surface area contributed by atoms with Gasteiger partial charge in [0.25, 0.3) is 0 Å². The summed E-state index contributed by atoms with van der Waals surface area (Å²) in [4.78, 5) is 24.8.